The van der Waals surface area contributed by atoms with Crippen molar-refractivity contribution in [2.75, 3.05) is 18.5 Å². The Bertz CT molecular complexity index is 499. The smallest absolute Gasteiger partial charge is 0.358 e. The lowest BCUT2D eigenvalue weighted by molar-refractivity contribution is -0.124. The van der Waals surface area contributed by atoms with E-state index in [4.69, 9.17) is 4.74 Å². The van der Waals surface area contributed by atoms with Crippen molar-refractivity contribution >= 4 is 34.3 Å². The summed E-state index contributed by atoms with van der Waals surface area (Å²) in [6, 6.07) is 0. The van der Waals surface area contributed by atoms with Crippen molar-refractivity contribution in [1.82, 2.24) is 10.3 Å². The van der Waals surface area contributed by atoms with E-state index in [1.807, 2.05) is 13.8 Å². The van der Waals surface area contributed by atoms with Gasteiger partial charge in [-0.1, -0.05) is 13.8 Å². The number of carbonyl (C=O) groups excluding carboxylic acids is 3. The molecule has 0 spiro atoms. The van der Waals surface area contributed by atoms with Gasteiger partial charge in [0.05, 0.1) is 0 Å². The Kier molecular flexibility index (Phi) is 6.10. The van der Waals surface area contributed by atoms with E-state index in [2.05, 4.69) is 15.6 Å². The Morgan fingerprint density at radius 3 is 2.70 bits per heavy atom. The van der Waals surface area contributed by atoms with Gasteiger partial charge in [-0.3, -0.25) is 9.59 Å². The van der Waals surface area contributed by atoms with Crippen LogP contribution in [-0.4, -0.2) is 35.9 Å². The fraction of sp³-hybridized carbons (Fsp3) is 0.500. The Hall–Kier alpha value is -1.96. The van der Waals surface area contributed by atoms with Crippen molar-refractivity contribution in [1.29, 1.82) is 0 Å². The minimum absolute atomic E-state index is 0.0652. The number of carbonyl (C=O) groups is 3. The topological polar surface area (TPSA) is 97.4 Å². The number of hydrogen-bond acceptors (Lipinski definition) is 6. The molecule has 1 heterocycles. The van der Waals surface area contributed by atoms with Crippen molar-refractivity contribution < 1.29 is 19.1 Å². The van der Waals surface area contributed by atoms with Crippen LogP contribution in [0, 0.1) is 5.92 Å². The van der Waals surface area contributed by atoms with Gasteiger partial charge in [0.25, 0.3) is 5.91 Å². The van der Waals surface area contributed by atoms with Gasteiger partial charge >= 0.3 is 5.97 Å². The van der Waals surface area contributed by atoms with Crippen LogP contribution >= 0.6 is 11.3 Å². The fourth-order valence-corrected chi connectivity index (χ4v) is 1.88. The van der Waals surface area contributed by atoms with Crippen LogP contribution < -0.4 is 10.6 Å². The molecule has 0 aliphatic heterocycles. The molecule has 1 aromatic rings. The van der Waals surface area contributed by atoms with Gasteiger partial charge in [-0.15, -0.1) is 11.3 Å². The lowest BCUT2D eigenvalue weighted by atomic mass is 10.2. The molecule has 0 fully saturated rings. The van der Waals surface area contributed by atoms with Crippen LogP contribution in [-0.2, 0) is 14.3 Å². The van der Waals surface area contributed by atoms with Crippen LogP contribution in [0.4, 0.5) is 5.13 Å². The lowest BCUT2D eigenvalue weighted by Crippen LogP contribution is -2.31. The van der Waals surface area contributed by atoms with Crippen LogP contribution in [0.25, 0.3) is 0 Å². The van der Waals surface area contributed by atoms with Gasteiger partial charge in [0, 0.05) is 18.8 Å². The minimum Gasteiger partial charge on any atom is -0.451 e. The van der Waals surface area contributed by atoms with E-state index in [9.17, 15) is 14.4 Å². The standard InChI is InChI=1S/C12H17N3O4S/c1-7(2)4-13-10(17)5-19-11(18)9-6-20-12(15-9)14-8(3)16/h6-7H,4-5H2,1-3H3,(H,13,17)(H,14,15,16). The molecule has 1 aromatic heterocycles. The molecule has 1 rings (SSSR count). The van der Waals surface area contributed by atoms with Crippen molar-refractivity contribution in [3.05, 3.63) is 11.1 Å². The summed E-state index contributed by atoms with van der Waals surface area (Å²) >= 11 is 1.11. The zero-order chi connectivity index (χ0) is 15.1. The largest absolute Gasteiger partial charge is 0.451 e. The van der Waals surface area contributed by atoms with Crippen LogP contribution in [0.3, 0.4) is 0 Å². The highest BCUT2D eigenvalue weighted by atomic mass is 32.1. The molecule has 2 amide bonds. The molecule has 0 aromatic carbocycles. The average Bonchev–Trinajstić information content (AvgIpc) is 2.81. The maximum Gasteiger partial charge on any atom is 0.358 e. The van der Waals surface area contributed by atoms with E-state index in [0.717, 1.165) is 11.3 Å². The highest BCUT2D eigenvalue weighted by molar-refractivity contribution is 7.14. The number of ether oxygens (including phenoxy) is 1. The molecule has 20 heavy (non-hydrogen) atoms. The van der Waals surface area contributed by atoms with Gasteiger partial charge in [-0.2, -0.15) is 0 Å². The van der Waals surface area contributed by atoms with E-state index in [0.29, 0.717) is 17.6 Å². The SMILES string of the molecule is CC(=O)Nc1nc(C(=O)OCC(=O)NCC(C)C)cs1. The Morgan fingerprint density at radius 2 is 2.10 bits per heavy atom. The number of thiazole rings is 1. The van der Waals surface area contributed by atoms with Crippen LogP contribution in [0.15, 0.2) is 5.38 Å². The third kappa shape index (κ3) is 5.79. The minimum atomic E-state index is -0.697. The third-order valence-corrected chi connectivity index (χ3v) is 2.80. The third-order valence-electron chi connectivity index (χ3n) is 2.04. The molecule has 0 atom stereocenters. The highest BCUT2D eigenvalue weighted by Crippen LogP contribution is 2.15. The Morgan fingerprint density at radius 1 is 1.40 bits per heavy atom. The molecule has 7 nitrogen and oxygen atoms in total. The molecule has 0 bridgehead atoms. The van der Waals surface area contributed by atoms with Gasteiger partial charge in [-0.05, 0) is 5.92 Å². The van der Waals surface area contributed by atoms with Gasteiger partial charge < -0.3 is 15.4 Å². The number of nitrogens with one attached hydrogen (secondary N) is 2. The van der Waals surface area contributed by atoms with E-state index in [1.54, 1.807) is 0 Å². The monoisotopic (exact) mass is 299 g/mol. The molecule has 0 saturated carbocycles. The lowest BCUT2D eigenvalue weighted by Gasteiger charge is -2.07. The summed E-state index contributed by atoms with van der Waals surface area (Å²) in [5.41, 5.74) is 0.0652. The molecule has 8 heteroatoms. The first-order chi connectivity index (χ1) is 9.38. The first-order valence-electron chi connectivity index (χ1n) is 6.05. The first-order valence-corrected chi connectivity index (χ1v) is 6.93. The molecule has 0 aliphatic rings. The molecule has 0 radical (unpaired) electrons. The maximum absolute atomic E-state index is 11.6. The number of amides is 2. The zero-order valence-electron chi connectivity index (χ0n) is 11.6. The summed E-state index contributed by atoms with van der Waals surface area (Å²) in [5.74, 6) is -0.998. The second-order valence-electron chi connectivity index (χ2n) is 4.49. The first kappa shape index (κ1) is 16.1. The molecule has 0 unspecified atom stereocenters. The quantitative estimate of drug-likeness (QED) is 0.765. The number of anilines is 1. The second kappa shape index (κ2) is 7.59. The summed E-state index contributed by atoms with van der Waals surface area (Å²) in [6.45, 7) is 5.45. The van der Waals surface area contributed by atoms with Crippen molar-refractivity contribution in [2.24, 2.45) is 5.92 Å². The summed E-state index contributed by atoms with van der Waals surface area (Å²) < 4.78 is 4.82. The predicted octanol–water partition coefficient (Wildman–Crippen LogP) is 1.03. The molecule has 0 saturated heterocycles. The summed E-state index contributed by atoms with van der Waals surface area (Å²) in [4.78, 5) is 37.7. The highest BCUT2D eigenvalue weighted by Gasteiger charge is 2.14. The van der Waals surface area contributed by atoms with Crippen molar-refractivity contribution in [2.45, 2.75) is 20.8 Å². The average molecular weight is 299 g/mol. The van der Waals surface area contributed by atoms with Crippen LogP contribution in [0.2, 0.25) is 0 Å². The van der Waals surface area contributed by atoms with E-state index in [-0.39, 0.29) is 24.1 Å². The molecular formula is C12H17N3O4S. The van der Waals surface area contributed by atoms with Crippen LogP contribution in [0.1, 0.15) is 31.3 Å². The normalized spacial score (nSPS) is 10.2. The second-order valence-corrected chi connectivity index (χ2v) is 5.35. The number of rotatable bonds is 6. The summed E-state index contributed by atoms with van der Waals surface area (Å²) in [6.07, 6.45) is 0. The van der Waals surface area contributed by atoms with Crippen molar-refractivity contribution in [3.63, 3.8) is 0 Å². The number of hydrogen-bond donors (Lipinski definition) is 2. The summed E-state index contributed by atoms with van der Waals surface area (Å²) in [5, 5.41) is 6.86. The van der Waals surface area contributed by atoms with E-state index < -0.39 is 5.97 Å². The zero-order valence-corrected chi connectivity index (χ0v) is 12.4. The van der Waals surface area contributed by atoms with Crippen LogP contribution in [0.5, 0.6) is 0 Å². The number of nitrogens with zero attached hydrogens (tertiary/aromatic N) is 1. The number of esters is 1. The Balaban J connectivity index is 2.41. The molecule has 110 valence electrons. The fourth-order valence-electron chi connectivity index (χ4n) is 1.15. The molecule has 2 N–H and O–H groups in total. The number of aromatic nitrogens is 1. The summed E-state index contributed by atoms with van der Waals surface area (Å²) in [7, 11) is 0. The van der Waals surface area contributed by atoms with E-state index in [1.165, 1.54) is 12.3 Å². The van der Waals surface area contributed by atoms with Gasteiger partial charge in [0.1, 0.15) is 0 Å². The van der Waals surface area contributed by atoms with Gasteiger partial charge in [-0.25, -0.2) is 9.78 Å². The van der Waals surface area contributed by atoms with E-state index >= 15 is 0 Å². The van der Waals surface area contributed by atoms with Gasteiger partial charge in [0.15, 0.2) is 17.4 Å². The molecule has 0 aliphatic carbocycles. The predicted molar refractivity (Wildman–Crippen MR) is 74.5 cm³/mol. The van der Waals surface area contributed by atoms with Gasteiger partial charge in [0.2, 0.25) is 5.91 Å². The maximum atomic E-state index is 11.6. The van der Waals surface area contributed by atoms with Crippen molar-refractivity contribution in [3.8, 4) is 0 Å². The molecular weight excluding hydrogens is 282 g/mol. The Labute approximate surface area is 120 Å².